The second-order valence-corrected chi connectivity index (χ2v) is 6.53. The van der Waals surface area contributed by atoms with Gasteiger partial charge in [0.25, 0.3) is 0 Å². The van der Waals surface area contributed by atoms with Crippen molar-refractivity contribution in [3.63, 3.8) is 0 Å². The maximum absolute atomic E-state index is 11.8. The number of ether oxygens (including phenoxy) is 1. The number of allylic oxidation sites excluding steroid dienone is 1. The number of carbonyl (C=O) groups excluding carboxylic acids is 1. The molecule has 0 unspecified atom stereocenters. The summed E-state index contributed by atoms with van der Waals surface area (Å²) in [5.74, 6) is -0.297. The molecule has 0 saturated carbocycles. The Bertz CT molecular complexity index is 334. The lowest BCUT2D eigenvalue weighted by Gasteiger charge is -2.04. The van der Waals surface area contributed by atoms with Gasteiger partial charge >= 0.3 is 5.97 Å². The average molecular weight is 339 g/mol. The molecule has 3 heteroatoms. The van der Waals surface area contributed by atoms with Gasteiger partial charge in [-0.2, -0.15) is 0 Å². The summed E-state index contributed by atoms with van der Waals surface area (Å²) in [5, 5.41) is 8.70. The van der Waals surface area contributed by atoms with Crippen molar-refractivity contribution in [1.29, 1.82) is 0 Å². The molecule has 1 N–H and O–H groups in total. The van der Waals surface area contributed by atoms with Crippen LogP contribution in [0.4, 0.5) is 0 Å². The van der Waals surface area contributed by atoms with Crippen LogP contribution in [0.2, 0.25) is 0 Å². The van der Waals surface area contributed by atoms with E-state index in [0.29, 0.717) is 12.0 Å². The Morgan fingerprint density at radius 1 is 0.917 bits per heavy atom. The van der Waals surface area contributed by atoms with Crippen LogP contribution in [-0.4, -0.2) is 17.7 Å². The number of unbranched alkanes of at least 4 members (excludes halogenated alkanes) is 11. The Kier molecular flexibility index (Phi) is 17.4. The smallest absolute Gasteiger partial charge is 0.338 e. The predicted molar refractivity (Wildman–Crippen MR) is 102 cm³/mol. The normalized spacial score (nSPS) is 11.1. The Morgan fingerprint density at radius 3 is 2.17 bits per heavy atom. The number of esters is 1. The third-order valence-corrected chi connectivity index (χ3v) is 4.17. The maximum atomic E-state index is 11.8. The number of carbonyl (C=O) groups is 1. The van der Waals surface area contributed by atoms with Crippen LogP contribution < -0.4 is 0 Å². The summed E-state index contributed by atoms with van der Waals surface area (Å²) < 4.78 is 5.11. The second kappa shape index (κ2) is 18.3. The van der Waals surface area contributed by atoms with Crippen molar-refractivity contribution in [3.05, 3.63) is 24.5 Å². The molecule has 0 spiro atoms. The van der Waals surface area contributed by atoms with Crippen LogP contribution in [0.3, 0.4) is 0 Å². The highest BCUT2D eigenvalue weighted by Crippen LogP contribution is 2.12. The topological polar surface area (TPSA) is 46.5 Å². The van der Waals surface area contributed by atoms with E-state index in [4.69, 9.17) is 9.84 Å². The van der Waals surface area contributed by atoms with Gasteiger partial charge in [-0.05, 0) is 38.2 Å². The molecule has 0 aromatic heterocycles. The molecule has 0 aliphatic heterocycles. The fourth-order valence-electron chi connectivity index (χ4n) is 2.56. The highest BCUT2D eigenvalue weighted by molar-refractivity contribution is 5.88. The van der Waals surface area contributed by atoms with E-state index in [0.717, 1.165) is 51.4 Å². The molecule has 140 valence electrons. The molecule has 0 aromatic rings. The monoisotopic (exact) mass is 338 g/mol. The standard InChI is InChI=1S/C21H38O3/c1-3-4-5-6-7-10-13-16-19-24-21(23)20(2)17-14-11-8-9-12-15-18-22/h16,19,22H,2-15,17-18H2,1H3. The minimum absolute atomic E-state index is 0.287. The molecule has 0 radical (unpaired) electrons. The van der Waals surface area contributed by atoms with E-state index >= 15 is 0 Å². The number of aliphatic hydroxyl groups excluding tert-OH is 1. The number of hydrogen-bond donors (Lipinski definition) is 1. The summed E-state index contributed by atoms with van der Waals surface area (Å²) in [5.41, 5.74) is 0.564. The van der Waals surface area contributed by atoms with Crippen LogP contribution in [0, 0.1) is 0 Å². The lowest BCUT2D eigenvalue weighted by Crippen LogP contribution is -2.03. The van der Waals surface area contributed by atoms with Gasteiger partial charge in [0.1, 0.15) is 0 Å². The summed E-state index contributed by atoms with van der Waals surface area (Å²) >= 11 is 0. The van der Waals surface area contributed by atoms with Crippen molar-refractivity contribution in [2.24, 2.45) is 0 Å². The molecule has 0 aromatic carbocycles. The summed E-state index contributed by atoms with van der Waals surface area (Å²) in [4.78, 5) is 11.8. The summed E-state index contributed by atoms with van der Waals surface area (Å²) in [7, 11) is 0. The van der Waals surface area contributed by atoms with Gasteiger partial charge in [0, 0.05) is 12.2 Å². The maximum Gasteiger partial charge on any atom is 0.338 e. The van der Waals surface area contributed by atoms with Gasteiger partial charge in [-0.25, -0.2) is 4.79 Å². The van der Waals surface area contributed by atoms with Gasteiger partial charge in [0.2, 0.25) is 0 Å². The first kappa shape index (κ1) is 22.9. The van der Waals surface area contributed by atoms with Crippen molar-refractivity contribution in [3.8, 4) is 0 Å². The zero-order valence-electron chi connectivity index (χ0n) is 15.7. The summed E-state index contributed by atoms with van der Waals surface area (Å²) in [6, 6.07) is 0. The molecule has 0 atom stereocenters. The van der Waals surface area contributed by atoms with Crippen LogP contribution in [0.25, 0.3) is 0 Å². The quantitative estimate of drug-likeness (QED) is 0.151. The number of hydrogen-bond acceptors (Lipinski definition) is 3. The van der Waals surface area contributed by atoms with Gasteiger partial charge in [-0.15, -0.1) is 0 Å². The highest BCUT2D eigenvalue weighted by Gasteiger charge is 2.06. The third-order valence-electron chi connectivity index (χ3n) is 4.17. The Morgan fingerprint density at radius 2 is 1.50 bits per heavy atom. The predicted octanol–water partition coefficient (Wildman–Crippen LogP) is 6.07. The molecular formula is C21H38O3. The fraction of sp³-hybridized carbons (Fsp3) is 0.762. The molecule has 0 rings (SSSR count). The highest BCUT2D eigenvalue weighted by atomic mass is 16.5. The molecule has 0 amide bonds. The lowest BCUT2D eigenvalue weighted by molar-refractivity contribution is -0.133. The third kappa shape index (κ3) is 15.8. The summed E-state index contributed by atoms with van der Waals surface area (Å²) in [6.07, 6.45) is 19.2. The van der Waals surface area contributed by atoms with E-state index in [1.165, 1.54) is 38.4 Å². The Hall–Kier alpha value is -1.09. The second-order valence-electron chi connectivity index (χ2n) is 6.53. The SMILES string of the molecule is C=C(CCCCCCCCO)C(=O)OC=CCCCCCCCC. The van der Waals surface area contributed by atoms with E-state index in [-0.39, 0.29) is 12.6 Å². The summed E-state index contributed by atoms with van der Waals surface area (Å²) in [6.45, 7) is 6.33. The van der Waals surface area contributed by atoms with Gasteiger partial charge in [0.05, 0.1) is 6.26 Å². The molecule has 3 nitrogen and oxygen atoms in total. The fourth-order valence-corrected chi connectivity index (χ4v) is 2.56. The molecule has 0 aliphatic carbocycles. The van der Waals surface area contributed by atoms with Crippen LogP contribution in [0.15, 0.2) is 24.5 Å². The van der Waals surface area contributed by atoms with Gasteiger partial charge in [-0.1, -0.05) is 71.3 Å². The molecule has 0 aliphatic rings. The van der Waals surface area contributed by atoms with Crippen LogP contribution >= 0.6 is 0 Å². The van der Waals surface area contributed by atoms with Gasteiger partial charge in [-0.3, -0.25) is 0 Å². The molecular weight excluding hydrogens is 300 g/mol. The van der Waals surface area contributed by atoms with Crippen molar-refractivity contribution in [2.75, 3.05) is 6.61 Å². The van der Waals surface area contributed by atoms with Crippen molar-refractivity contribution in [1.82, 2.24) is 0 Å². The molecule has 0 heterocycles. The van der Waals surface area contributed by atoms with E-state index < -0.39 is 0 Å². The van der Waals surface area contributed by atoms with Crippen LogP contribution in [-0.2, 0) is 9.53 Å². The largest absolute Gasteiger partial charge is 0.431 e. The lowest BCUT2D eigenvalue weighted by atomic mass is 10.1. The molecule has 0 fully saturated rings. The first-order chi connectivity index (χ1) is 11.7. The molecule has 0 saturated heterocycles. The van der Waals surface area contributed by atoms with Gasteiger partial charge in [0.15, 0.2) is 0 Å². The van der Waals surface area contributed by atoms with E-state index in [9.17, 15) is 4.79 Å². The zero-order chi connectivity index (χ0) is 17.9. The Balaban J connectivity index is 3.48. The van der Waals surface area contributed by atoms with E-state index in [1.807, 2.05) is 6.08 Å². The van der Waals surface area contributed by atoms with Crippen molar-refractivity contribution in [2.45, 2.75) is 96.8 Å². The minimum atomic E-state index is -0.297. The molecule has 0 bridgehead atoms. The molecule has 24 heavy (non-hydrogen) atoms. The first-order valence-corrected chi connectivity index (χ1v) is 9.87. The number of aliphatic hydroxyl groups is 1. The Labute approximate surface area is 149 Å². The zero-order valence-corrected chi connectivity index (χ0v) is 15.7. The van der Waals surface area contributed by atoms with Gasteiger partial charge < -0.3 is 9.84 Å². The van der Waals surface area contributed by atoms with Crippen LogP contribution in [0.1, 0.15) is 96.8 Å². The average Bonchev–Trinajstić information content (AvgIpc) is 2.59. The van der Waals surface area contributed by atoms with Crippen LogP contribution in [0.5, 0.6) is 0 Å². The van der Waals surface area contributed by atoms with E-state index in [2.05, 4.69) is 13.5 Å². The number of rotatable bonds is 17. The first-order valence-electron chi connectivity index (χ1n) is 9.87. The minimum Gasteiger partial charge on any atom is -0.431 e. The van der Waals surface area contributed by atoms with Crippen molar-refractivity contribution < 1.29 is 14.6 Å². The van der Waals surface area contributed by atoms with Crippen molar-refractivity contribution >= 4 is 5.97 Å². The van der Waals surface area contributed by atoms with E-state index in [1.54, 1.807) is 0 Å².